The van der Waals surface area contributed by atoms with Gasteiger partial charge in [-0.2, -0.15) is 0 Å². The van der Waals surface area contributed by atoms with Crippen molar-refractivity contribution >= 4 is 56.5 Å². The quantitative estimate of drug-likeness (QED) is 0.107. The smallest absolute Gasteiger partial charge is 0.224 e. The van der Waals surface area contributed by atoms with Gasteiger partial charge >= 0.3 is 0 Å². The second-order valence-corrected chi connectivity index (χ2v) is 14.3. The third kappa shape index (κ3) is 10.2. The maximum atomic E-state index is 14.2. The third-order valence-corrected chi connectivity index (χ3v) is 10.3. The van der Waals surface area contributed by atoms with Crippen molar-refractivity contribution in [2.75, 3.05) is 13.2 Å². The van der Waals surface area contributed by atoms with Gasteiger partial charge in [0.15, 0.2) is 5.78 Å². The van der Waals surface area contributed by atoms with Crippen molar-refractivity contribution in [1.82, 2.24) is 20.6 Å². The Morgan fingerprint density at radius 3 is 2.58 bits per heavy atom. The van der Waals surface area contributed by atoms with E-state index in [1.165, 1.54) is 11.3 Å². The average Bonchev–Trinajstić information content (AvgIpc) is 3.52. The topological polar surface area (TPSA) is 153 Å². The van der Waals surface area contributed by atoms with Crippen molar-refractivity contribution < 1.29 is 23.9 Å². The van der Waals surface area contributed by atoms with Crippen molar-refractivity contribution in [1.29, 1.82) is 0 Å². The van der Waals surface area contributed by atoms with Gasteiger partial charge in [0.25, 0.3) is 0 Å². The number of rotatable bonds is 18. The van der Waals surface area contributed by atoms with Gasteiger partial charge < -0.3 is 21.1 Å². The Balaban J connectivity index is 1.35. The van der Waals surface area contributed by atoms with Gasteiger partial charge in [-0.15, -0.1) is 11.3 Å². The number of amides is 2. The molecule has 0 radical (unpaired) electrons. The van der Waals surface area contributed by atoms with Crippen LogP contribution in [0.15, 0.2) is 67.0 Å². The summed E-state index contributed by atoms with van der Waals surface area (Å²) in [6.07, 6.45) is 6.47. The summed E-state index contributed by atoms with van der Waals surface area (Å²) < 4.78 is 6.67. The number of hydrogen-bond acceptors (Lipinski definition) is 9. The largest absolute Gasteiger partial charge is 0.493 e. The molecular weight excluding hydrogens is 674 g/mol. The lowest BCUT2D eigenvalue weighted by Gasteiger charge is -2.29. The highest BCUT2D eigenvalue weighted by atomic mass is 35.5. The molecule has 2 amide bonds. The zero-order valence-corrected chi connectivity index (χ0v) is 29.8. The van der Waals surface area contributed by atoms with Crippen LogP contribution >= 0.6 is 22.9 Å². The normalized spacial score (nSPS) is 15.7. The van der Waals surface area contributed by atoms with E-state index < -0.39 is 23.8 Å². The van der Waals surface area contributed by atoms with Crippen molar-refractivity contribution in [2.24, 2.45) is 17.6 Å². The minimum Gasteiger partial charge on any atom is -0.493 e. The number of ether oxygens (including phenoxy) is 1. The van der Waals surface area contributed by atoms with Crippen molar-refractivity contribution in [2.45, 2.75) is 76.8 Å². The van der Waals surface area contributed by atoms with E-state index in [1.54, 1.807) is 37.5 Å². The number of carbonyl (C=O) groups is 4. The number of aromatic nitrogens is 2. The highest BCUT2D eigenvalue weighted by Crippen LogP contribution is 2.32. The van der Waals surface area contributed by atoms with Crippen LogP contribution in [-0.2, 0) is 32.0 Å². The number of para-hydroxylation sites is 1. The van der Waals surface area contributed by atoms with Gasteiger partial charge in [0, 0.05) is 61.0 Å². The molecule has 50 heavy (non-hydrogen) atoms. The fourth-order valence-electron chi connectivity index (χ4n) is 6.24. The molecule has 0 saturated carbocycles. The van der Waals surface area contributed by atoms with Crippen LogP contribution in [0.5, 0.6) is 5.75 Å². The monoisotopic (exact) mass is 717 g/mol. The van der Waals surface area contributed by atoms with Crippen LogP contribution < -0.4 is 21.1 Å². The minimum absolute atomic E-state index is 0.0197. The summed E-state index contributed by atoms with van der Waals surface area (Å²) >= 11 is 7.61. The molecule has 2 aromatic heterocycles. The fourth-order valence-corrected chi connectivity index (χ4v) is 7.56. The summed E-state index contributed by atoms with van der Waals surface area (Å²) in [5.74, 6) is -1.54. The van der Waals surface area contributed by atoms with Gasteiger partial charge in [-0.3, -0.25) is 24.2 Å². The van der Waals surface area contributed by atoms with Crippen molar-refractivity contribution in [3.05, 3.63) is 88.1 Å². The first-order chi connectivity index (χ1) is 24.2. The van der Waals surface area contributed by atoms with Crippen LogP contribution in [0.2, 0.25) is 5.02 Å². The molecular formula is C38H44ClN5O5S. The molecule has 1 aliphatic rings. The fraction of sp³-hybridized carbons (Fsp3) is 0.421. The van der Waals surface area contributed by atoms with Gasteiger partial charge in [-0.25, -0.2) is 4.98 Å². The average molecular weight is 718 g/mol. The number of pyridine rings is 1. The van der Waals surface area contributed by atoms with Gasteiger partial charge in [0.1, 0.15) is 11.5 Å². The lowest BCUT2D eigenvalue weighted by molar-refractivity contribution is -0.134. The maximum absolute atomic E-state index is 14.2. The predicted molar refractivity (Wildman–Crippen MR) is 195 cm³/mol. The second kappa shape index (κ2) is 18.2. The molecule has 4 aromatic rings. The van der Waals surface area contributed by atoms with Crippen LogP contribution in [0.1, 0.15) is 74.0 Å². The SMILES string of the molecule is CCC(=O)C[C@@H](Cc1nc2ccc(Cl)cc2s1)C(=O)N[C@@H](Cc1ccncc1)C(=O)C[C@@H](CCCCN)C(=O)N[C@@H]1CCOc2ccccc21. The highest BCUT2D eigenvalue weighted by Gasteiger charge is 2.32. The maximum Gasteiger partial charge on any atom is 0.224 e. The Morgan fingerprint density at radius 1 is 1.00 bits per heavy atom. The summed E-state index contributed by atoms with van der Waals surface area (Å²) in [5.41, 5.74) is 8.26. The molecule has 0 fully saturated rings. The first-order valence-electron chi connectivity index (χ1n) is 17.2. The number of benzene rings is 2. The number of nitrogens with zero attached hydrogens (tertiary/aromatic N) is 2. The van der Waals surface area contributed by atoms with E-state index in [9.17, 15) is 19.2 Å². The molecule has 0 bridgehead atoms. The summed E-state index contributed by atoms with van der Waals surface area (Å²) in [7, 11) is 0. The number of thiazole rings is 1. The number of nitrogens with two attached hydrogens (primary N) is 1. The summed E-state index contributed by atoms with van der Waals surface area (Å²) in [4.78, 5) is 63.5. The van der Waals surface area contributed by atoms with E-state index in [1.807, 2.05) is 36.4 Å². The molecule has 3 heterocycles. The summed E-state index contributed by atoms with van der Waals surface area (Å²) in [5, 5.41) is 7.46. The minimum atomic E-state index is -0.924. The Labute approximate surface area is 301 Å². The number of fused-ring (bicyclic) bond motifs is 2. The Kier molecular flexibility index (Phi) is 13.5. The highest BCUT2D eigenvalue weighted by molar-refractivity contribution is 7.18. The number of carbonyl (C=O) groups excluding carboxylic acids is 4. The summed E-state index contributed by atoms with van der Waals surface area (Å²) in [6.45, 7) is 2.72. The van der Waals surface area contributed by atoms with Crippen LogP contribution in [-0.4, -0.2) is 52.5 Å². The lowest BCUT2D eigenvalue weighted by atomic mass is 9.89. The molecule has 264 valence electrons. The Morgan fingerprint density at radius 2 is 1.80 bits per heavy atom. The number of hydrogen-bond donors (Lipinski definition) is 3. The lowest BCUT2D eigenvalue weighted by Crippen LogP contribution is -2.47. The molecule has 5 rings (SSSR count). The standard InChI is InChI=1S/C38H44ClN5O5S/c1-2-28(45)20-26(22-36-42-31-11-10-27(39)23-35(31)50-36)38(48)44-32(19-24-12-16-41-17-13-24)33(46)21-25(7-5-6-15-40)37(47)43-30-14-18-49-34-9-4-3-8-29(30)34/h3-4,8-13,16-17,23,25-26,30,32H,2,5-7,14-15,18-22,40H2,1H3,(H,43,47)(H,44,48)/t25-,26+,30-,32+/m1/s1. The van der Waals surface area contributed by atoms with E-state index in [2.05, 4.69) is 20.6 Å². The van der Waals surface area contributed by atoms with E-state index in [4.69, 9.17) is 22.1 Å². The van der Waals surface area contributed by atoms with Crippen molar-refractivity contribution in [3.8, 4) is 5.75 Å². The van der Waals surface area contributed by atoms with Crippen LogP contribution in [0.4, 0.5) is 0 Å². The van der Waals surface area contributed by atoms with E-state index in [0.717, 1.165) is 33.5 Å². The third-order valence-electron chi connectivity index (χ3n) is 9.05. The Bertz CT molecular complexity index is 1780. The molecule has 1 aliphatic heterocycles. The molecule has 0 saturated heterocycles. The molecule has 0 spiro atoms. The Hall–Kier alpha value is -4.19. The number of ketones is 2. The molecule has 10 nitrogen and oxygen atoms in total. The second-order valence-electron chi connectivity index (χ2n) is 12.7. The van der Waals surface area contributed by atoms with Crippen molar-refractivity contribution in [3.63, 3.8) is 0 Å². The van der Waals surface area contributed by atoms with Gasteiger partial charge in [-0.05, 0) is 67.8 Å². The number of Topliss-reactive ketones (excluding diaryl/α,β-unsaturated/α-hetero) is 2. The molecule has 2 aromatic carbocycles. The van der Waals surface area contributed by atoms with Gasteiger partial charge in [0.05, 0.1) is 39.8 Å². The number of halogens is 1. The first kappa shape index (κ1) is 37.1. The molecule has 4 N–H and O–H groups in total. The van der Waals surface area contributed by atoms with Gasteiger partial charge in [0.2, 0.25) is 11.8 Å². The predicted octanol–water partition coefficient (Wildman–Crippen LogP) is 5.94. The van der Waals surface area contributed by atoms with Crippen LogP contribution in [0.3, 0.4) is 0 Å². The van der Waals surface area contributed by atoms with E-state index in [0.29, 0.717) is 42.4 Å². The van der Waals surface area contributed by atoms with E-state index in [-0.39, 0.29) is 55.6 Å². The zero-order valence-electron chi connectivity index (χ0n) is 28.2. The molecule has 0 unspecified atom stereocenters. The first-order valence-corrected chi connectivity index (χ1v) is 18.4. The van der Waals surface area contributed by atoms with Crippen LogP contribution in [0.25, 0.3) is 10.2 Å². The molecule has 4 atom stereocenters. The number of unbranched alkanes of at least 4 members (excludes halogenated alkanes) is 1. The molecule has 12 heteroatoms. The molecule has 0 aliphatic carbocycles. The van der Waals surface area contributed by atoms with Crippen LogP contribution in [0, 0.1) is 11.8 Å². The van der Waals surface area contributed by atoms with Gasteiger partial charge in [-0.1, -0.05) is 43.1 Å². The van der Waals surface area contributed by atoms with E-state index >= 15 is 0 Å². The number of nitrogens with one attached hydrogen (secondary N) is 2. The zero-order chi connectivity index (χ0) is 35.5. The summed E-state index contributed by atoms with van der Waals surface area (Å²) in [6, 6.07) is 15.5.